The molecule has 0 saturated carbocycles. The van der Waals surface area contributed by atoms with Crippen LogP contribution in [0.25, 0.3) is 12.2 Å². The molecule has 0 atom stereocenters. The van der Waals surface area contributed by atoms with Gasteiger partial charge in [0.25, 0.3) is 5.56 Å². The maximum absolute atomic E-state index is 12.5. The molecule has 4 nitrogen and oxygen atoms in total. The van der Waals surface area contributed by atoms with E-state index in [1.807, 2.05) is 39.0 Å². The van der Waals surface area contributed by atoms with E-state index in [0.717, 1.165) is 18.7 Å². The van der Waals surface area contributed by atoms with Gasteiger partial charge in [0.1, 0.15) is 4.66 Å². The fraction of sp³-hybridized carbons (Fsp3) is 0.429. The maximum atomic E-state index is 12.5. The van der Waals surface area contributed by atoms with Crippen molar-refractivity contribution in [2.45, 2.75) is 34.6 Å². The molecule has 5 heteroatoms. The van der Waals surface area contributed by atoms with Gasteiger partial charge in [0.2, 0.25) is 0 Å². The minimum absolute atomic E-state index is 0.0180. The van der Waals surface area contributed by atoms with Crippen LogP contribution in [0.5, 0.6) is 0 Å². The van der Waals surface area contributed by atoms with Crippen molar-refractivity contribution in [3.8, 4) is 0 Å². The Labute approximate surface area is 159 Å². The molecule has 26 heavy (non-hydrogen) atoms. The van der Waals surface area contributed by atoms with E-state index in [9.17, 15) is 9.59 Å². The molecule has 0 saturated heterocycles. The third-order valence-electron chi connectivity index (χ3n) is 4.37. The number of hydrogen-bond donors (Lipinski definition) is 0. The zero-order valence-corrected chi connectivity index (χ0v) is 17.3. The first-order valence-corrected chi connectivity index (χ1v) is 9.77. The molecule has 0 bridgehead atoms. The van der Waals surface area contributed by atoms with E-state index in [0.29, 0.717) is 9.20 Å². The van der Waals surface area contributed by atoms with Crippen LogP contribution in [0.15, 0.2) is 29.1 Å². The Hall–Kier alpha value is -2.14. The Morgan fingerprint density at radius 2 is 1.73 bits per heavy atom. The molecule has 0 amide bonds. The van der Waals surface area contributed by atoms with E-state index < -0.39 is 5.41 Å². The Kier molecular flexibility index (Phi) is 6.24. The minimum atomic E-state index is -0.454. The first-order chi connectivity index (χ1) is 12.2. The van der Waals surface area contributed by atoms with E-state index in [-0.39, 0.29) is 11.3 Å². The van der Waals surface area contributed by atoms with Crippen molar-refractivity contribution in [2.75, 3.05) is 18.0 Å². The van der Waals surface area contributed by atoms with Gasteiger partial charge in [0.15, 0.2) is 5.78 Å². The van der Waals surface area contributed by atoms with Crippen molar-refractivity contribution < 1.29 is 4.79 Å². The number of thiazole rings is 1. The second kappa shape index (κ2) is 8.04. The smallest absolute Gasteiger partial charge is 0.268 e. The van der Waals surface area contributed by atoms with E-state index in [4.69, 9.17) is 0 Å². The minimum Gasteiger partial charge on any atom is -0.372 e. The van der Waals surface area contributed by atoms with Crippen molar-refractivity contribution in [3.63, 3.8) is 0 Å². The number of rotatable bonds is 5. The molecule has 1 aromatic heterocycles. The highest BCUT2D eigenvalue weighted by atomic mass is 32.1. The van der Waals surface area contributed by atoms with Crippen LogP contribution in [0, 0.1) is 5.41 Å². The summed E-state index contributed by atoms with van der Waals surface area (Å²) in [4.78, 5) is 27.0. The molecular weight excluding hydrogens is 344 g/mol. The number of aromatic nitrogens is 1. The SMILES string of the molecule is CCN(CC)c1ccc(/C=c2\s/c(=C\C(=O)C(C)(C)C)n(C)c2=O)cc1. The fourth-order valence-electron chi connectivity index (χ4n) is 2.56. The van der Waals surface area contributed by atoms with Gasteiger partial charge in [0, 0.05) is 37.3 Å². The lowest BCUT2D eigenvalue weighted by molar-refractivity contribution is -0.120. The zero-order valence-electron chi connectivity index (χ0n) is 16.5. The zero-order chi connectivity index (χ0) is 19.5. The number of carbonyl (C=O) groups excluding carboxylic acids is 1. The summed E-state index contributed by atoms with van der Waals surface area (Å²) in [5, 5.41) is 0. The summed E-state index contributed by atoms with van der Waals surface area (Å²) < 4.78 is 2.86. The Morgan fingerprint density at radius 3 is 2.23 bits per heavy atom. The average molecular weight is 373 g/mol. The fourth-order valence-corrected chi connectivity index (χ4v) is 3.59. The number of hydrogen-bond acceptors (Lipinski definition) is 4. The third-order valence-corrected chi connectivity index (χ3v) is 5.49. The van der Waals surface area contributed by atoms with Gasteiger partial charge in [-0.3, -0.25) is 9.59 Å². The summed E-state index contributed by atoms with van der Waals surface area (Å²) >= 11 is 1.35. The molecular formula is C21H28N2O2S. The standard InChI is InChI=1S/C21H28N2O2S/c1-7-23(8-2)16-11-9-15(10-12-16)13-17-20(25)22(6)19(26-17)14-18(24)21(3,4)5/h9-14H,7-8H2,1-6H3/b17-13-,19-14-. The van der Waals surface area contributed by atoms with Gasteiger partial charge in [-0.1, -0.05) is 32.9 Å². The van der Waals surface area contributed by atoms with Crippen LogP contribution in [0.3, 0.4) is 0 Å². The molecule has 0 unspecified atom stereocenters. The molecule has 0 aliphatic rings. The predicted molar refractivity (Wildman–Crippen MR) is 111 cm³/mol. The Morgan fingerprint density at radius 1 is 1.15 bits per heavy atom. The summed E-state index contributed by atoms with van der Waals surface area (Å²) in [5.41, 5.74) is 1.63. The van der Waals surface area contributed by atoms with E-state index >= 15 is 0 Å². The van der Waals surface area contributed by atoms with Crippen LogP contribution in [0.1, 0.15) is 40.2 Å². The molecule has 1 aromatic carbocycles. The van der Waals surface area contributed by atoms with Gasteiger partial charge in [-0.15, -0.1) is 11.3 Å². The lowest BCUT2D eigenvalue weighted by atomic mass is 9.91. The first-order valence-electron chi connectivity index (χ1n) is 8.96. The Bertz CT molecular complexity index is 940. The monoisotopic (exact) mass is 372 g/mol. The molecule has 140 valence electrons. The predicted octanol–water partition coefficient (Wildman–Crippen LogP) is 2.52. The van der Waals surface area contributed by atoms with Crippen molar-refractivity contribution >= 4 is 35.0 Å². The highest BCUT2D eigenvalue weighted by Crippen LogP contribution is 2.16. The van der Waals surface area contributed by atoms with Gasteiger partial charge < -0.3 is 9.47 Å². The topological polar surface area (TPSA) is 42.3 Å². The number of anilines is 1. The summed E-state index contributed by atoms with van der Waals surface area (Å²) in [6.07, 6.45) is 3.46. The van der Waals surface area contributed by atoms with Crippen molar-refractivity contribution in [2.24, 2.45) is 12.5 Å². The maximum Gasteiger partial charge on any atom is 0.268 e. The number of nitrogens with zero attached hydrogens (tertiary/aromatic N) is 2. The van der Waals surface area contributed by atoms with Gasteiger partial charge in [-0.05, 0) is 37.6 Å². The molecule has 0 aliphatic carbocycles. The largest absolute Gasteiger partial charge is 0.372 e. The molecule has 0 fully saturated rings. The van der Waals surface area contributed by atoms with Crippen LogP contribution in [0.2, 0.25) is 0 Å². The second-order valence-electron chi connectivity index (χ2n) is 7.34. The number of Topliss-reactive ketones (excluding diaryl/α,β-unsaturated/α-hetero) is 1. The van der Waals surface area contributed by atoms with Crippen LogP contribution in [-0.4, -0.2) is 23.4 Å². The number of ketones is 1. The number of benzene rings is 1. The van der Waals surface area contributed by atoms with Gasteiger partial charge in [-0.25, -0.2) is 0 Å². The molecule has 0 spiro atoms. The lowest BCUT2D eigenvalue weighted by Crippen LogP contribution is -2.30. The van der Waals surface area contributed by atoms with Crippen LogP contribution in [-0.2, 0) is 11.8 Å². The van der Waals surface area contributed by atoms with Crippen LogP contribution >= 0.6 is 11.3 Å². The molecule has 2 rings (SSSR count). The summed E-state index contributed by atoms with van der Waals surface area (Å²) in [6.45, 7) is 11.8. The Balaban J connectivity index is 2.44. The van der Waals surface area contributed by atoms with Crippen LogP contribution in [0.4, 0.5) is 5.69 Å². The second-order valence-corrected chi connectivity index (χ2v) is 8.40. The summed E-state index contributed by atoms with van der Waals surface area (Å²) in [5.74, 6) is 0.0180. The van der Waals surface area contributed by atoms with Crippen molar-refractivity contribution in [1.29, 1.82) is 0 Å². The van der Waals surface area contributed by atoms with Gasteiger partial charge >= 0.3 is 0 Å². The van der Waals surface area contributed by atoms with E-state index in [2.05, 4.69) is 30.9 Å². The quantitative estimate of drug-likeness (QED) is 0.810. The van der Waals surface area contributed by atoms with Gasteiger partial charge in [0.05, 0.1) is 4.53 Å². The molecule has 1 heterocycles. The van der Waals surface area contributed by atoms with E-state index in [1.54, 1.807) is 17.7 Å². The lowest BCUT2D eigenvalue weighted by Gasteiger charge is -2.20. The highest BCUT2D eigenvalue weighted by Gasteiger charge is 2.19. The normalized spacial score (nSPS) is 13.3. The average Bonchev–Trinajstić information content (AvgIpc) is 2.84. The van der Waals surface area contributed by atoms with Crippen LogP contribution < -0.4 is 19.7 Å². The molecule has 2 aromatic rings. The molecule has 0 aliphatic heterocycles. The van der Waals surface area contributed by atoms with Crippen molar-refractivity contribution in [1.82, 2.24) is 4.57 Å². The third kappa shape index (κ3) is 4.52. The first kappa shape index (κ1) is 20.2. The molecule has 0 radical (unpaired) electrons. The van der Waals surface area contributed by atoms with Gasteiger partial charge in [-0.2, -0.15) is 0 Å². The summed E-state index contributed by atoms with van der Waals surface area (Å²) in [6, 6.07) is 8.20. The summed E-state index contributed by atoms with van der Waals surface area (Å²) in [7, 11) is 1.71. The molecule has 0 N–H and O–H groups in total. The number of carbonyl (C=O) groups is 1. The van der Waals surface area contributed by atoms with Crippen molar-refractivity contribution in [3.05, 3.63) is 49.4 Å². The highest BCUT2D eigenvalue weighted by molar-refractivity contribution is 7.07. The van der Waals surface area contributed by atoms with E-state index in [1.165, 1.54) is 17.0 Å².